The Kier molecular flexibility index (Phi) is 5.51. The number of ether oxygens (including phenoxy) is 1. The highest BCUT2D eigenvalue weighted by atomic mass is 16.6. The first kappa shape index (κ1) is 17.5. The lowest BCUT2D eigenvalue weighted by molar-refractivity contribution is -0.389. The molecular weight excluding hydrogens is 312 g/mol. The van der Waals surface area contributed by atoms with Gasteiger partial charge in [0, 0.05) is 25.6 Å². The van der Waals surface area contributed by atoms with E-state index in [9.17, 15) is 14.9 Å². The van der Waals surface area contributed by atoms with Crippen LogP contribution in [-0.4, -0.2) is 39.4 Å². The van der Waals surface area contributed by atoms with Crippen LogP contribution in [0.5, 0.6) is 5.75 Å². The number of carbonyl (C=O) groups excluding carboxylic acids is 1. The number of rotatable bonds is 7. The fourth-order valence-electron chi connectivity index (χ4n) is 2.40. The van der Waals surface area contributed by atoms with E-state index < -0.39 is 4.92 Å². The average Bonchev–Trinajstić information content (AvgIpc) is 3.07. The number of aryl methyl sites for hydroxylation is 1. The summed E-state index contributed by atoms with van der Waals surface area (Å²) in [6.07, 6.45) is 2.90. The molecule has 1 atom stereocenters. The number of hydrogen-bond acceptors (Lipinski definition) is 5. The third-order valence-electron chi connectivity index (χ3n) is 3.95. The van der Waals surface area contributed by atoms with Gasteiger partial charge in [-0.05, 0) is 22.9 Å². The summed E-state index contributed by atoms with van der Waals surface area (Å²) in [5.41, 5.74) is 0.925. The normalized spacial score (nSPS) is 11.8. The molecule has 0 aliphatic carbocycles. The molecule has 128 valence electrons. The van der Waals surface area contributed by atoms with Gasteiger partial charge in [0.2, 0.25) is 12.2 Å². The molecule has 0 spiro atoms. The fourth-order valence-corrected chi connectivity index (χ4v) is 2.40. The summed E-state index contributed by atoms with van der Waals surface area (Å²) in [5, 5.41) is 10.6. The highest BCUT2D eigenvalue weighted by Gasteiger charge is 2.20. The lowest BCUT2D eigenvalue weighted by Gasteiger charge is -2.26. The van der Waals surface area contributed by atoms with E-state index >= 15 is 0 Å². The highest BCUT2D eigenvalue weighted by molar-refractivity contribution is 5.76. The lowest BCUT2D eigenvalue weighted by Crippen LogP contribution is -2.30. The monoisotopic (exact) mass is 332 g/mol. The van der Waals surface area contributed by atoms with Gasteiger partial charge in [0.05, 0.1) is 13.2 Å². The van der Waals surface area contributed by atoms with Crippen LogP contribution in [0.25, 0.3) is 0 Å². The molecule has 1 aromatic heterocycles. The van der Waals surface area contributed by atoms with Crippen molar-refractivity contribution in [3.8, 4) is 5.75 Å². The zero-order valence-electron chi connectivity index (χ0n) is 13.9. The maximum atomic E-state index is 12.4. The van der Waals surface area contributed by atoms with Crippen LogP contribution in [0.3, 0.4) is 0 Å². The van der Waals surface area contributed by atoms with E-state index in [1.54, 1.807) is 19.1 Å². The first-order valence-electron chi connectivity index (χ1n) is 7.48. The van der Waals surface area contributed by atoms with Crippen molar-refractivity contribution >= 4 is 11.7 Å². The third kappa shape index (κ3) is 3.89. The molecule has 0 N–H and O–H groups in total. The van der Waals surface area contributed by atoms with Gasteiger partial charge < -0.3 is 24.3 Å². The van der Waals surface area contributed by atoms with Gasteiger partial charge in [0.25, 0.3) is 0 Å². The molecule has 0 fully saturated rings. The first-order valence-corrected chi connectivity index (χ1v) is 7.48. The van der Waals surface area contributed by atoms with Crippen LogP contribution in [0.1, 0.15) is 24.9 Å². The summed E-state index contributed by atoms with van der Waals surface area (Å²) >= 11 is 0. The van der Waals surface area contributed by atoms with Crippen LogP contribution < -0.4 is 4.74 Å². The molecule has 0 aliphatic heterocycles. The molecule has 1 aromatic carbocycles. The quantitative estimate of drug-likeness (QED) is 0.573. The fraction of sp³-hybridized carbons (Fsp3) is 0.375. The largest absolute Gasteiger partial charge is 0.496 e. The molecule has 0 aliphatic rings. The van der Waals surface area contributed by atoms with Crippen LogP contribution in [0.2, 0.25) is 0 Å². The van der Waals surface area contributed by atoms with Crippen molar-refractivity contribution in [3.63, 3.8) is 0 Å². The minimum atomic E-state index is -0.561. The van der Waals surface area contributed by atoms with Gasteiger partial charge in [-0.1, -0.05) is 18.2 Å². The summed E-state index contributed by atoms with van der Waals surface area (Å²) in [6, 6.07) is 7.41. The number of benzene rings is 1. The topological polar surface area (TPSA) is 90.5 Å². The third-order valence-corrected chi connectivity index (χ3v) is 3.95. The number of nitrogens with zero attached hydrogens (tertiary/aromatic N) is 4. The number of aromatic nitrogens is 2. The second kappa shape index (κ2) is 7.58. The minimum absolute atomic E-state index is 0.0650. The molecule has 0 saturated carbocycles. The van der Waals surface area contributed by atoms with E-state index in [-0.39, 0.29) is 24.2 Å². The zero-order chi connectivity index (χ0) is 17.7. The van der Waals surface area contributed by atoms with Crippen molar-refractivity contribution in [1.29, 1.82) is 0 Å². The van der Waals surface area contributed by atoms with E-state index in [0.29, 0.717) is 6.54 Å². The Hall–Kier alpha value is -2.90. The molecule has 8 nitrogen and oxygen atoms in total. The van der Waals surface area contributed by atoms with Crippen LogP contribution in [0.4, 0.5) is 5.82 Å². The van der Waals surface area contributed by atoms with Gasteiger partial charge in [0.1, 0.15) is 11.9 Å². The van der Waals surface area contributed by atoms with Gasteiger partial charge in [-0.3, -0.25) is 4.79 Å². The number of methoxy groups -OCH3 is 1. The zero-order valence-corrected chi connectivity index (χ0v) is 13.9. The van der Waals surface area contributed by atoms with Gasteiger partial charge in [-0.15, -0.1) is 0 Å². The van der Waals surface area contributed by atoms with Crippen molar-refractivity contribution < 1.29 is 14.5 Å². The minimum Gasteiger partial charge on any atom is -0.496 e. The maximum absolute atomic E-state index is 12.4. The van der Waals surface area contributed by atoms with Gasteiger partial charge in [-0.25, -0.2) is 0 Å². The molecule has 1 amide bonds. The summed E-state index contributed by atoms with van der Waals surface area (Å²) in [4.78, 5) is 27.7. The Balaban J connectivity index is 1.99. The molecular formula is C16H20N4O4. The number of carbonyl (C=O) groups is 1. The summed E-state index contributed by atoms with van der Waals surface area (Å²) in [7, 11) is 3.33. The number of hydrogen-bond donors (Lipinski definition) is 0. The molecule has 2 rings (SSSR count). The highest BCUT2D eigenvalue weighted by Crippen LogP contribution is 2.28. The second-order valence-corrected chi connectivity index (χ2v) is 5.40. The molecule has 1 heterocycles. The van der Waals surface area contributed by atoms with Gasteiger partial charge in [0.15, 0.2) is 0 Å². The Morgan fingerprint density at radius 3 is 2.79 bits per heavy atom. The van der Waals surface area contributed by atoms with E-state index in [4.69, 9.17) is 4.74 Å². The maximum Gasteiger partial charge on any atom is 0.381 e. The standard InChI is InChI=1S/C16H20N4O4/c1-12(13-6-4-5-7-14(13)24-3)18(2)16(21)8-9-19-10-15(17-11-19)20(22)23/h4-7,10-12H,8-9H2,1-3H3/t12-/m1/s1. The Bertz CT molecular complexity index is 728. The number of nitro groups is 1. The molecule has 2 aromatic rings. The Morgan fingerprint density at radius 1 is 1.46 bits per heavy atom. The van der Waals surface area contributed by atoms with Crippen molar-refractivity contribution in [2.45, 2.75) is 25.9 Å². The first-order chi connectivity index (χ1) is 11.4. The van der Waals surface area contributed by atoms with Crippen molar-refractivity contribution in [1.82, 2.24) is 14.5 Å². The number of amides is 1. The van der Waals surface area contributed by atoms with Gasteiger partial charge >= 0.3 is 5.82 Å². The van der Waals surface area contributed by atoms with E-state index in [2.05, 4.69) is 4.98 Å². The van der Waals surface area contributed by atoms with Crippen LogP contribution in [-0.2, 0) is 11.3 Å². The summed E-state index contributed by atoms with van der Waals surface area (Å²) in [5.74, 6) is 0.442. The summed E-state index contributed by atoms with van der Waals surface area (Å²) in [6.45, 7) is 2.26. The molecule has 0 saturated heterocycles. The molecule has 24 heavy (non-hydrogen) atoms. The Morgan fingerprint density at radius 2 is 2.17 bits per heavy atom. The van der Waals surface area contributed by atoms with Crippen molar-refractivity contribution in [2.75, 3.05) is 14.2 Å². The Labute approximate surface area is 139 Å². The molecule has 0 bridgehead atoms. The van der Waals surface area contributed by atoms with E-state index in [1.165, 1.54) is 17.1 Å². The molecule has 0 radical (unpaired) electrons. The second-order valence-electron chi connectivity index (χ2n) is 5.40. The number of imidazole rings is 1. The predicted molar refractivity (Wildman–Crippen MR) is 87.7 cm³/mol. The van der Waals surface area contributed by atoms with Crippen LogP contribution >= 0.6 is 0 Å². The van der Waals surface area contributed by atoms with E-state index in [1.807, 2.05) is 31.2 Å². The van der Waals surface area contributed by atoms with Crippen molar-refractivity contribution in [2.24, 2.45) is 0 Å². The van der Waals surface area contributed by atoms with Crippen LogP contribution in [0, 0.1) is 10.1 Å². The average molecular weight is 332 g/mol. The van der Waals surface area contributed by atoms with Crippen LogP contribution in [0.15, 0.2) is 36.8 Å². The predicted octanol–water partition coefficient (Wildman–Crippen LogP) is 2.41. The molecule has 8 heteroatoms. The molecule has 0 unspecified atom stereocenters. The van der Waals surface area contributed by atoms with E-state index in [0.717, 1.165) is 11.3 Å². The SMILES string of the molecule is COc1ccccc1[C@@H](C)N(C)C(=O)CCn1cnc([N+](=O)[O-])c1. The smallest absolute Gasteiger partial charge is 0.381 e. The van der Waals surface area contributed by atoms with Crippen molar-refractivity contribution in [3.05, 3.63) is 52.5 Å². The lowest BCUT2D eigenvalue weighted by atomic mass is 10.1. The summed E-state index contributed by atoms with van der Waals surface area (Å²) < 4.78 is 6.88. The van der Waals surface area contributed by atoms with Gasteiger partial charge in [-0.2, -0.15) is 0 Å². The number of para-hydroxylation sites is 1.